The van der Waals surface area contributed by atoms with E-state index in [1.54, 1.807) is 0 Å². The van der Waals surface area contributed by atoms with Gasteiger partial charge in [-0.15, -0.1) is 0 Å². The van der Waals surface area contributed by atoms with E-state index in [-0.39, 0.29) is 51.2 Å². The monoisotopic (exact) mass is 1220 g/mol. The fraction of sp³-hybridized carbons (Fsp3) is 0.556. The molecule has 0 radical (unpaired) electrons. The number of imidazole rings is 3. The van der Waals surface area contributed by atoms with Crippen LogP contribution in [0.3, 0.4) is 0 Å². The van der Waals surface area contributed by atoms with E-state index in [2.05, 4.69) is 48.5 Å². The fourth-order valence-corrected chi connectivity index (χ4v) is 13.5. The molecule has 0 aromatic carbocycles. The highest BCUT2D eigenvalue weighted by Crippen LogP contribution is 2.68. The molecule has 3 saturated heterocycles. The van der Waals surface area contributed by atoms with E-state index >= 15 is 0 Å². The second kappa shape index (κ2) is 22.3. The average Bonchev–Trinajstić information content (AvgIpc) is 4.23. The summed E-state index contributed by atoms with van der Waals surface area (Å²) in [6.07, 6.45) is -13.9. The van der Waals surface area contributed by atoms with Gasteiger partial charge >= 0.3 is 36.9 Å². The van der Waals surface area contributed by atoms with Crippen molar-refractivity contribution in [3.05, 3.63) is 46.0 Å². The highest BCUT2D eigenvalue weighted by Gasteiger charge is 2.54. The van der Waals surface area contributed by atoms with Crippen molar-refractivity contribution in [1.29, 1.82) is 0 Å². The number of fused-ring (bicyclic) bond motifs is 3. The minimum atomic E-state index is -6.24. The number of hydrogen-bond donors (Lipinski definition) is 12. The number of carbonyl (C=O) groups is 1. The van der Waals surface area contributed by atoms with Crippen LogP contribution in [0.2, 0.25) is 0 Å². The van der Waals surface area contributed by atoms with Crippen LogP contribution in [0.15, 0.2) is 34.9 Å². The molecule has 5 unspecified atom stereocenters. The Morgan fingerprint density at radius 1 is 0.725 bits per heavy atom. The molecule has 40 nitrogen and oxygen atoms in total. The van der Waals surface area contributed by atoms with Gasteiger partial charge in [0.25, 0.3) is 17.1 Å². The van der Waals surface area contributed by atoms with E-state index < -0.39 is 148 Å². The van der Waals surface area contributed by atoms with Crippen molar-refractivity contribution in [1.82, 2.24) is 58.5 Å². The lowest BCUT2D eigenvalue weighted by Gasteiger charge is -2.26. The van der Waals surface area contributed by atoms with Crippen LogP contribution < -0.4 is 32.9 Å². The first-order valence-electron chi connectivity index (χ1n) is 23.0. The molecule has 44 heteroatoms. The van der Waals surface area contributed by atoms with Gasteiger partial charge in [-0.3, -0.25) is 56.1 Å². The van der Waals surface area contributed by atoms with E-state index in [0.717, 1.165) is 30.7 Å². The smallest absolute Gasteiger partial charge is 0.387 e. The Morgan fingerprint density at radius 2 is 1.31 bits per heavy atom. The lowest BCUT2D eigenvalue weighted by molar-refractivity contribution is -0.745. The van der Waals surface area contributed by atoms with Gasteiger partial charge in [0.15, 0.2) is 41.4 Å². The molecule has 9 heterocycles. The normalized spacial score (nSPS) is 29.2. The van der Waals surface area contributed by atoms with Gasteiger partial charge in [0, 0.05) is 33.5 Å². The molecule has 0 bridgehead atoms. The number of amides is 1. The molecule has 1 amide bonds. The fourth-order valence-electron chi connectivity index (χ4n) is 9.01. The van der Waals surface area contributed by atoms with Crippen molar-refractivity contribution >= 4 is 88.4 Å². The molecule has 6 aromatic heterocycles. The van der Waals surface area contributed by atoms with Gasteiger partial charge in [-0.05, 0) is 0 Å². The Balaban J connectivity index is 0.879. The van der Waals surface area contributed by atoms with Crippen molar-refractivity contribution in [2.75, 3.05) is 58.2 Å². The van der Waals surface area contributed by atoms with Crippen molar-refractivity contribution in [3.63, 3.8) is 0 Å². The molecule has 3 aliphatic rings. The van der Waals surface area contributed by atoms with Crippen LogP contribution in [0.1, 0.15) is 25.1 Å². The number of anilines is 3. The second-order valence-electron chi connectivity index (χ2n) is 18.1. The minimum absolute atomic E-state index is 0.00426. The van der Waals surface area contributed by atoms with Gasteiger partial charge in [-0.2, -0.15) is 13.6 Å². The Hall–Kier alpha value is -5.64. The highest BCUT2D eigenvalue weighted by atomic mass is 31.3. The molecule has 6 aromatic rings. The number of carbonyl (C=O) groups excluding carboxylic acids is 1. The predicted octanol–water partition coefficient (Wildman–Crippen LogP) is -3.98. The van der Waals surface area contributed by atoms with Crippen LogP contribution in [0.5, 0.6) is 0 Å². The van der Waals surface area contributed by atoms with Crippen molar-refractivity contribution in [3.8, 4) is 0 Å². The zero-order chi connectivity index (χ0) is 58.1. The maximum absolute atomic E-state index is 13.7. The maximum Gasteiger partial charge on any atom is 0.490 e. The van der Waals surface area contributed by atoms with Gasteiger partial charge < -0.3 is 75.9 Å². The molecular weight excluding hydrogens is 1160 g/mol. The van der Waals surface area contributed by atoms with Crippen LogP contribution in [0, 0.1) is 5.92 Å². The molecule has 0 saturated carbocycles. The molecule has 15 N–H and O–H groups in total. The third-order valence-corrected chi connectivity index (χ3v) is 17.9. The third kappa shape index (κ3) is 12.0. The number of nitrogens with one attached hydrogen (secondary N) is 2. The number of methoxy groups -OCH3 is 1. The van der Waals surface area contributed by atoms with Crippen LogP contribution in [-0.2, 0) is 75.8 Å². The van der Waals surface area contributed by atoms with E-state index in [4.69, 9.17) is 54.2 Å². The first-order valence-corrected chi connectivity index (χ1v) is 29.0. The zero-order valence-corrected chi connectivity index (χ0v) is 45.2. The number of hydrogen-bond acceptors (Lipinski definition) is 29. The molecule has 438 valence electrons. The predicted molar refractivity (Wildman–Crippen MR) is 260 cm³/mol. The van der Waals surface area contributed by atoms with E-state index in [1.807, 2.05) is 0 Å². The minimum Gasteiger partial charge on any atom is -0.387 e. The Morgan fingerprint density at radius 3 is 1.98 bits per heavy atom. The first-order chi connectivity index (χ1) is 37.5. The number of phosphoric acid groups is 4. The summed E-state index contributed by atoms with van der Waals surface area (Å²) in [4.78, 5) is 111. The summed E-state index contributed by atoms with van der Waals surface area (Å²) in [5, 5.41) is 33.3. The van der Waals surface area contributed by atoms with Gasteiger partial charge in [0.2, 0.25) is 23.6 Å². The number of phosphoric ester groups is 3. The van der Waals surface area contributed by atoms with Crippen LogP contribution in [-0.4, -0.2) is 189 Å². The second-order valence-corrected chi connectivity index (χ2v) is 24.2. The number of rotatable bonds is 21. The van der Waals surface area contributed by atoms with Gasteiger partial charge in [0.05, 0.1) is 45.6 Å². The SMILES string of the molecule is CO[C@@H]1[C@H](OP(=O)(O)OC[C@H]2O[C@@H](n3cnc4c(=O)[nH]c(N)nc43)[C@H](O)[C@@H]2O)[C@@H](COP(=O)(O)OP(=O)(O)OP(=O)(O)OC[C@H]2OC([n+]3cn(C)c4c(=O)[nH]c(N)nc43)[C@H](O)[C@@H]2CC(=O)N(C)C)O[C@H]1n1cnc2c(N)ncnc21. The molecule has 3 fully saturated rings. The van der Waals surface area contributed by atoms with Crippen molar-refractivity contribution in [2.45, 2.75) is 73.9 Å². The number of aromatic amines is 2. The number of aliphatic hydroxyl groups excluding tert-OH is 3. The highest BCUT2D eigenvalue weighted by molar-refractivity contribution is 7.66. The van der Waals surface area contributed by atoms with E-state index in [0.29, 0.717) is 0 Å². The first kappa shape index (κ1) is 59.0. The number of aromatic nitrogens is 12. The number of nitrogen functional groups attached to an aromatic ring is 3. The Labute approximate surface area is 445 Å². The summed E-state index contributed by atoms with van der Waals surface area (Å²) in [6, 6.07) is 0. The largest absolute Gasteiger partial charge is 0.490 e. The quantitative estimate of drug-likeness (QED) is 0.0242. The summed E-state index contributed by atoms with van der Waals surface area (Å²) in [6.45, 7) is -3.32. The zero-order valence-electron chi connectivity index (χ0n) is 41.6. The van der Waals surface area contributed by atoms with Gasteiger partial charge in [-0.25, -0.2) is 42.8 Å². The summed E-state index contributed by atoms with van der Waals surface area (Å²) >= 11 is 0. The number of aryl methyl sites for hydroxylation is 1. The molecule has 16 atom stereocenters. The van der Waals surface area contributed by atoms with Crippen molar-refractivity contribution < 1.29 is 108 Å². The molecule has 0 aliphatic carbocycles. The molecule has 80 heavy (non-hydrogen) atoms. The standard InChI is InChI=1S/C36H50N16O24P4/c1-48(2)17(53)5-13-14(71-32(21(13)54)52-12-49(3)20-29(52)45-36(39)47-31(20)58)6-69-78(61,62)75-80(65,66)76-79(63,64)70-8-16-24(25(67-4)34(73-16)50-10-42-18-26(37)40-9-41-27(18)50)74-77(59,60)68-7-15-22(55)23(56)33(72-15)51-11-43-19-28(51)44-35(38)46-30(19)57/h9-16,21-25,32-34,54-56H,5-8H2,1-4H3,(H11-,37,38,39,40,41,44,45,46,47,57,58,59,60,61,62,63,64,65,66)/p+1/t13-,14-,15-,16-,21-,22-,23-,24-,25-,32?,33-,34-/m1/s1. The molecule has 9 rings (SSSR count). The number of nitrogens with zero attached hydrogens (tertiary/aromatic N) is 11. The van der Waals surface area contributed by atoms with E-state index in [1.165, 1.54) is 46.1 Å². The van der Waals surface area contributed by atoms with E-state index in [9.17, 15) is 67.5 Å². The molecular formula is C36H51N16O24P4+. The average molecular weight is 1220 g/mol. The number of nitrogens with two attached hydrogens (primary N) is 3. The molecule has 0 spiro atoms. The third-order valence-electron chi connectivity index (χ3n) is 12.6. The summed E-state index contributed by atoms with van der Waals surface area (Å²) in [5.41, 5.74) is 15.6. The van der Waals surface area contributed by atoms with Crippen molar-refractivity contribution in [2.24, 2.45) is 13.0 Å². The maximum atomic E-state index is 13.7. The van der Waals surface area contributed by atoms with Crippen LogP contribution in [0.4, 0.5) is 17.7 Å². The van der Waals surface area contributed by atoms with Gasteiger partial charge in [-0.1, -0.05) is 4.98 Å². The number of aliphatic hydroxyl groups is 3. The van der Waals surface area contributed by atoms with Crippen LogP contribution in [0.25, 0.3) is 33.5 Å². The summed E-state index contributed by atoms with van der Waals surface area (Å²) in [7, 11) is -18.2. The van der Waals surface area contributed by atoms with Gasteiger partial charge in [0.1, 0.15) is 54.6 Å². The summed E-state index contributed by atoms with van der Waals surface area (Å²) in [5.74, 6) is -2.51. The topological polar surface area (TPSA) is 562 Å². The number of ether oxygens (including phenoxy) is 4. The molecule has 3 aliphatic heterocycles. The number of H-pyrrole nitrogens is 2. The lowest BCUT2D eigenvalue weighted by atomic mass is 9.94. The van der Waals surface area contributed by atoms with Crippen LogP contribution >= 0.6 is 31.3 Å². The Kier molecular flexibility index (Phi) is 16.4. The summed E-state index contributed by atoms with van der Waals surface area (Å²) < 4.78 is 111. The Bertz CT molecular complexity index is 3650. The lowest BCUT2D eigenvalue weighted by Crippen LogP contribution is -2.45.